The number of aliphatic carboxylic acids is 1. The average Bonchev–Trinajstić information content (AvgIpc) is 2.83. The molecule has 0 spiro atoms. The molecular weight excluding hydrogens is 332 g/mol. The Morgan fingerprint density at radius 3 is 1.88 bits per heavy atom. The van der Waals surface area contributed by atoms with Gasteiger partial charge in [0.2, 0.25) is 0 Å². The molecule has 0 radical (unpaired) electrons. The Bertz CT molecular complexity index is 618. The summed E-state index contributed by atoms with van der Waals surface area (Å²) in [5, 5.41) is 7.94. The van der Waals surface area contributed by atoms with E-state index in [1.54, 1.807) is 34.6 Å². The zero-order valence-electron chi connectivity index (χ0n) is 15.8. The lowest BCUT2D eigenvalue weighted by molar-refractivity contribution is -0.154. The lowest BCUT2D eigenvalue weighted by Gasteiger charge is -2.29. The van der Waals surface area contributed by atoms with E-state index in [0.29, 0.717) is 0 Å². The first-order chi connectivity index (χ1) is 10.4. The van der Waals surface area contributed by atoms with Gasteiger partial charge in [0.05, 0.1) is 10.7 Å². The largest absolute Gasteiger partial charge is 0.481 e. The van der Waals surface area contributed by atoms with Crippen LogP contribution in [0.5, 0.6) is 0 Å². The third kappa shape index (κ3) is 4.10. The summed E-state index contributed by atoms with van der Waals surface area (Å²) in [5.41, 5.74) is -1.34. The summed E-state index contributed by atoms with van der Waals surface area (Å²) in [6.07, 6.45) is -0.0293. The first-order valence-electron chi connectivity index (χ1n) is 8.12. The van der Waals surface area contributed by atoms with Crippen LogP contribution in [0.15, 0.2) is 0 Å². The average molecular weight is 362 g/mol. The van der Waals surface area contributed by atoms with Gasteiger partial charge in [-0.25, -0.2) is 8.42 Å². The van der Waals surface area contributed by atoms with Crippen LogP contribution in [-0.2, 0) is 24.2 Å². The van der Waals surface area contributed by atoms with Crippen molar-refractivity contribution in [2.24, 2.45) is 17.3 Å². The zero-order valence-corrected chi connectivity index (χ0v) is 16.7. The van der Waals surface area contributed by atoms with Crippen molar-refractivity contribution in [3.05, 3.63) is 0 Å². The van der Waals surface area contributed by atoms with Gasteiger partial charge in [-0.2, -0.15) is 0 Å². The van der Waals surface area contributed by atoms with Gasteiger partial charge in [0.1, 0.15) is 5.60 Å². The molecule has 7 heteroatoms. The van der Waals surface area contributed by atoms with Crippen molar-refractivity contribution < 1.29 is 27.9 Å². The van der Waals surface area contributed by atoms with E-state index >= 15 is 0 Å². The lowest BCUT2D eigenvalue weighted by Crippen LogP contribution is -2.45. The van der Waals surface area contributed by atoms with Gasteiger partial charge in [0, 0.05) is 0 Å². The second kappa shape index (κ2) is 6.00. The van der Waals surface area contributed by atoms with E-state index in [1.807, 2.05) is 0 Å². The number of carboxylic acids is 1. The summed E-state index contributed by atoms with van der Waals surface area (Å²) in [4.78, 5) is 23.9. The van der Waals surface area contributed by atoms with Crippen molar-refractivity contribution in [3.63, 3.8) is 0 Å². The lowest BCUT2D eigenvalue weighted by atomic mass is 10.1. The van der Waals surface area contributed by atoms with Gasteiger partial charge in [-0.15, -0.1) is 0 Å². The quantitative estimate of drug-likeness (QED) is 0.755. The number of carbonyl (C=O) groups is 2. The maximum atomic E-state index is 12.9. The summed E-state index contributed by atoms with van der Waals surface area (Å²) in [6.45, 7) is 13.2. The van der Waals surface area contributed by atoms with E-state index in [0.717, 1.165) is 0 Å². The Labute approximate surface area is 144 Å². The molecule has 24 heavy (non-hydrogen) atoms. The fourth-order valence-electron chi connectivity index (χ4n) is 3.05. The predicted octanol–water partition coefficient (Wildman–Crippen LogP) is 2.66. The van der Waals surface area contributed by atoms with Crippen molar-refractivity contribution in [3.8, 4) is 0 Å². The molecule has 0 aromatic heterocycles. The Balaban J connectivity index is 3.18. The molecule has 6 nitrogen and oxygen atoms in total. The Morgan fingerprint density at radius 2 is 1.58 bits per heavy atom. The molecule has 1 aliphatic rings. The van der Waals surface area contributed by atoms with Crippen molar-refractivity contribution >= 4 is 21.8 Å². The van der Waals surface area contributed by atoms with Gasteiger partial charge in [0.15, 0.2) is 15.1 Å². The number of carbonyl (C=O) groups excluding carboxylic acids is 1. The van der Waals surface area contributed by atoms with Crippen molar-refractivity contribution in [2.45, 2.75) is 77.4 Å². The first kappa shape index (κ1) is 20.9. The number of hydrogen-bond acceptors (Lipinski definition) is 5. The summed E-state index contributed by atoms with van der Waals surface area (Å²) in [7, 11) is -3.83. The van der Waals surface area contributed by atoms with Gasteiger partial charge < -0.3 is 9.84 Å². The van der Waals surface area contributed by atoms with Gasteiger partial charge in [-0.1, -0.05) is 13.8 Å². The number of esters is 1. The Morgan fingerprint density at radius 1 is 1.12 bits per heavy atom. The highest BCUT2D eigenvalue weighted by atomic mass is 32.2. The molecular formula is C17H30O6S. The molecule has 140 valence electrons. The van der Waals surface area contributed by atoms with Gasteiger partial charge in [-0.05, 0) is 59.3 Å². The summed E-state index contributed by atoms with van der Waals surface area (Å²) >= 11 is 0. The van der Waals surface area contributed by atoms with Gasteiger partial charge in [0.25, 0.3) is 0 Å². The molecule has 0 aromatic rings. The zero-order chi connectivity index (χ0) is 19.3. The van der Waals surface area contributed by atoms with Crippen LogP contribution in [0, 0.1) is 17.3 Å². The fourth-order valence-corrected chi connectivity index (χ4v) is 4.66. The molecule has 3 unspecified atom stereocenters. The molecule has 1 aliphatic carbocycles. The van der Waals surface area contributed by atoms with Crippen molar-refractivity contribution in [1.29, 1.82) is 0 Å². The second-order valence-corrected chi connectivity index (χ2v) is 12.0. The van der Waals surface area contributed by atoms with E-state index in [4.69, 9.17) is 4.74 Å². The topological polar surface area (TPSA) is 97.7 Å². The third-order valence-corrected chi connectivity index (χ3v) is 7.52. The van der Waals surface area contributed by atoms with Crippen LogP contribution >= 0.6 is 0 Å². The van der Waals surface area contributed by atoms with Crippen LogP contribution in [0.2, 0.25) is 0 Å². The molecule has 0 aliphatic heterocycles. The van der Waals surface area contributed by atoms with E-state index in [1.165, 1.54) is 20.8 Å². The summed E-state index contributed by atoms with van der Waals surface area (Å²) in [5.74, 6) is -2.77. The smallest absolute Gasteiger partial charge is 0.324 e. The molecule has 0 saturated heterocycles. The van der Waals surface area contributed by atoms with E-state index in [-0.39, 0.29) is 12.3 Å². The van der Waals surface area contributed by atoms with Crippen LogP contribution in [0.3, 0.4) is 0 Å². The van der Waals surface area contributed by atoms with E-state index in [9.17, 15) is 23.1 Å². The van der Waals surface area contributed by atoms with Gasteiger partial charge in [-0.3, -0.25) is 9.59 Å². The molecule has 3 atom stereocenters. The summed E-state index contributed by atoms with van der Waals surface area (Å²) < 4.78 is 29.9. The maximum Gasteiger partial charge on any atom is 0.324 e. The summed E-state index contributed by atoms with van der Waals surface area (Å²) in [6, 6.07) is 0. The molecule has 1 fully saturated rings. The highest BCUT2D eigenvalue weighted by Crippen LogP contribution is 2.61. The maximum absolute atomic E-state index is 12.9. The molecule has 1 saturated carbocycles. The molecule has 0 aromatic carbocycles. The fraction of sp³-hybridized carbons (Fsp3) is 0.882. The molecule has 0 bridgehead atoms. The minimum Gasteiger partial charge on any atom is -0.481 e. The predicted molar refractivity (Wildman–Crippen MR) is 91.3 cm³/mol. The van der Waals surface area contributed by atoms with Crippen LogP contribution in [0.4, 0.5) is 0 Å². The highest BCUT2D eigenvalue weighted by Gasteiger charge is 2.64. The van der Waals surface area contributed by atoms with E-state index in [2.05, 4.69) is 0 Å². The molecule has 1 N–H and O–H groups in total. The first-order valence-corrected chi connectivity index (χ1v) is 9.66. The van der Waals surface area contributed by atoms with Crippen LogP contribution in [-0.4, -0.2) is 41.1 Å². The highest BCUT2D eigenvalue weighted by molar-refractivity contribution is 7.94. The number of rotatable bonds is 5. The Hall–Kier alpha value is -1.11. The second-order valence-electron chi connectivity index (χ2n) is 9.16. The van der Waals surface area contributed by atoms with Crippen LogP contribution < -0.4 is 0 Å². The number of hydrogen-bond donors (Lipinski definition) is 1. The number of sulfone groups is 1. The van der Waals surface area contributed by atoms with Crippen LogP contribution in [0.1, 0.15) is 61.8 Å². The van der Waals surface area contributed by atoms with E-state index < -0.39 is 48.7 Å². The van der Waals surface area contributed by atoms with Crippen LogP contribution in [0.25, 0.3) is 0 Å². The minimum absolute atomic E-state index is 0.0293. The van der Waals surface area contributed by atoms with Crippen molar-refractivity contribution in [1.82, 2.24) is 0 Å². The molecule has 1 rings (SSSR count). The SMILES string of the molecule is CC(C)(C)OC(=O)C(CC1C(C(=O)O)C1(C)C)S(=O)(=O)C(C)(C)C. The van der Waals surface area contributed by atoms with Crippen molar-refractivity contribution in [2.75, 3.05) is 0 Å². The minimum atomic E-state index is -3.83. The molecule has 0 heterocycles. The van der Waals surface area contributed by atoms with Gasteiger partial charge >= 0.3 is 11.9 Å². The number of carboxylic acid groups (broad SMARTS) is 1. The molecule has 0 amide bonds. The Kier molecular flexibility index (Phi) is 5.24. The normalized spacial score (nSPS) is 25.0. The standard InChI is InChI=1S/C17H30O6S/c1-15(2,3)23-14(20)11(24(21,22)16(4,5)6)9-10-12(13(18)19)17(10,7)8/h10-12H,9H2,1-8H3,(H,18,19). The monoisotopic (exact) mass is 362 g/mol. The third-order valence-electron chi connectivity index (χ3n) is 4.68. The number of ether oxygens (including phenoxy) is 1.